The number of rotatable bonds is 7. The number of alkyl halides is 3. The lowest BCUT2D eigenvalue weighted by atomic mass is 10.1. The SMILES string of the molecule is CC(OC(=O)CSCc1cscn1)C(=O)Nc1ccccc1C(F)(F)F. The van der Waals surface area contributed by atoms with Gasteiger partial charge < -0.3 is 10.1 Å². The molecule has 2 aromatic rings. The Bertz CT molecular complexity index is 751. The minimum absolute atomic E-state index is 0.00822. The molecule has 140 valence electrons. The molecule has 1 aromatic heterocycles. The molecule has 0 aliphatic rings. The van der Waals surface area contributed by atoms with E-state index >= 15 is 0 Å². The molecule has 10 heteroatoms. The Morgan fingerprint density at radius 1 is 1.35 bits per heavy atom. The number of nitrogens with zero attached hydrogens (tertiary/aromatic N) is 1. The van der Waals surface area contributed by atoms with Crippen molar-refractivity contribution >= 4 is 40.7 Å². The van der Waals surface area contributed by atoms with E-state index in [9.17, 15) is 22.8 Å². The lowest BCUT2D eigenvalue weighted by Gasteiger charge is -2.16. The maximum Gasteiger partial charge on any atom is 0.418 e. The molecule has 1 aromatic carbocycles. The summed E-state index contributed by atoms with van der Waals surface area (Å²) in [6, 6.07) is 4.60. The summed E-state index contributed by atoms with van der Waals surface area (Å²) >= 11 is 2.71. The molecule has 0 bridgehead atoms. The first-order valence-electron chi connectivity index (χ1n) is 7.38. The van der Waals surface area contributed by atoms with Crippen molar-refractivity contribution in [2.75, 3.05) is 11.1 Å². The summed E-state index contributed by atoms with van der Waals surface area (Å²) in [6.45, 7) is 1.30. The first-order chi connectivity index (χ1) is 12.3. The molecule has 1 N–H and O–H groups in total. The highest BCUT2D eigenvalue weighted by atomic mass is 32.2. The van der Waals surface area contributed by atoms with Crippen LogP contribution in [0.4, 0.5) is 18.9 Å². The molecule has 1 heterocycles. The van der Waals surface area contributed by atoms with Crippen molar-refractivity contribution in [3.63, 3.8) is 0 Å². The predicted molar refractivity (Wildman–Crippen MR) is 93.9 cm³/mol. The molecule has 1 unspecified atom stereocenters. The normalized spacial score (nSPS) is 12.5. The molecule has 0 fully saturated rings. The van der Waals surface area contributed by atoms with E-state index in [-0.39, 0.29) is 11.4 Å². The van der Waals surface area contributed by atoms with Crippen LogP contribution in [0.5, 0.6) is 0 Å². The highest BCUT2D eigenvalue weighted by Gasteiger charge is 2.34. The second kappa shape index (κ2) is 9.04. The molecular formula is C16H15F3N2O3S2. The summed E-state index contributed by atoms with van der Waals surface area (Å²) in [5.41, 5.74) is 1.17. The van der Waals surface area contributed by atoms with Crippen LogP contribution in [0.1, 0.15) is 18.2 Å². The van der Waals surface area contributed by atoms with Gasteiger partial charge in [-0.3, -0.25) is 9.59 Å². The number of ether oxygens (including phenoxy) is 1. The molecule has 0 saturated carbocycles. The second-order valence-corrected chi connectivity index (χ2v) is 6.84. The van der Waals surface area contributed by atoms with E-state index in [0.29, 0.717) is 5.75 Å². The molecule has 1 atom stereocenters. The first kappa shape index (κ1) is 20.2. The van der Waals surface area contributed by atoms with Crippen LogP contribution in [-0.4, -0.2) is 28.7 Å². The van der Waals surface area contributed by atoms with Gasteiger partial charge in [-0.1, -0.05) is 12.1 Å². The van der Waals surface area contributed by atoms with E-state index in [1.165, 1.54) is 42.2 Å². The number of esters is 1. The molecule has 26 heavy (non-hydrogen) atoms. The van der Waals surface area contributed by atoms with Gasteiger partial charge in [-0.05, 0) is 19.1 Å². The zero-order valence-electron chi connectivity index (χ0n) is 13.6. The number of para-hydroxylation sites is 1. The van der Waals surface area contributed by atoms with Crippen LogP contribution < -0.4 is 5.32 Å². The number of thioether (sulfide) groups is 1. The molecule has 0 spiro atoms. The van der Waals surface area contributed by atoms with Crippen LogP contribution in [0.25, 0.3) is 0 Å². The number of nitrogens with one attached hydrogen (secondary N) is 1. The fourth-order valence-corrected chi connectivity index (χ4v) is 3.27. The third kappa shape index (κ3) is 6.03. The standard InChI is InChI=1S/C16H15F3N2O3S2/c1-10(24-14(22)8-25-6-11-7-26-9-20-11)15(23)21-13-5-3-2-4-12(13)16(17,18)19/h2-5,7,9-10H,6,8H2,1H3,(H,21,23). The molecule has 0 aliphatic heterocycles. The topological polar surface area (TPSA) is 68.3 Å². The number of carbonyl (C=O) groups is 2. The monoisotopic (exact) mass is 404 g/mol. The van der Waals surface area contributed by atoms with Crippen molar-refractivity contribution < 1.29 is 27.5 Å². The summed E-state index contributed by atoms with van der Waals surface area (Å²) in [5.74, 6) is -0.927. The zero-order chi connectivity index (χ0) is 19.2. The van der Waals surface area contributed by atoms with Gasteiger partial charge in [0.15, 0.2) is 6.10 Å². The van der Waals surface area contributed by atoms with Crippen LogP contribution >= 0.6 is 23.1 Å². The third-order valence-electron chi connectivity index (χ3n) is 3.12. The minimum Gasteiger partial charge on any atom is -0.452 e. The Balaban J connectivity index is 1.85. The van der Waals surface area contributed by atoms with E-state index < -0.39 is 29.7 Å². The van der Waals surface area contributed by atoms with Gasteiger partial charge in [0, 0.05) is 11.1 Å². The maximum atomic E-state index is 12.9. The second-order valence-electron chi connectivity index (χ2n) is 5.14. The van der Waals surface area contributed by atoms with Gasteiger partial charge in [0.25, 0.3) is 5.91 Å². The van der Waals surface area contributed by atoms with Crippen molar-refractivity contribution in [3.05, 3.63) is 46.4 Å². The number of anilines is 1. The number of hydrogen-bond donors (Lipinski definition) is 1. The van der Waals surface area contributed by atoms with E-state index in [4.69, 9.17) is 4.74 Å². The van der Waals surface area contributed by atoms with Crippen molar-refractivity contribution in [1.29, 1.82) is 0 Å². The van der Waals surface area contributed by atoms with E-state index in [1.54, 1.807) is 5.51 Å². The Morgan fingerprint density at radius 3 is 2.73 bits per heavy atom. The van der Waals surface area contributed by atoms with Gasteiger partial charge in [-0.15, -0.1) is 23.1 Å². The van der Waals surface area contributed by atoms with Gasteiger partial charge in [0.05, 0.1) is 28.2 Å². The number of thiazole rings is 1. The lowest BCUT2D eigenvalue weighted by molar-refractivity contribution is -0.150. The summed E-state index contributed by atoms with van der Waals surface area (Å²) < 4.78 is 43.7. The van der Waals surface area contributed by atoms with Crippen molar-refractivity contribution in [2.45, 2.75) is 25.0 Å². The van der Waals surface area contributed by atoms with Gasteiger partial charge in [0.1, 0.15) is 0 Å². The summed E-state index contributed by atoms with van der Waals surface area (Å²) in [4.78, 5) is 27.8. The van der Waals surface area contributed by atoms with E-state index in [0.717, 1.165) is 17.8 Å². The fraction of sp³-hybridized carbons (Fsp3) is 0.312. The summed E-state index contributed by atoms with van der Waals surface area (Å²) in [6.07, 6.45) is -5.82. The van der Waals surface area contributed by atoms with Crippen LogP contribution in [-0.2, 0) is 26.3 Å². The lowest BCUT2D eigenvalue weighted by Crippen LogP contribution is -2.31. The quantitative estimate of drug-likeness (QED) is 0.708. The first-order valence-corrected chi connectivity index (χ1v) is 9.48. The Labute approximate surface area is 156 Å². The zero-order valence-corrected chi connectivity index (χ0v) is 15.2. The number of halogens is 3. The van der Waals surface area contributed by atoms with Crippen molar-refractivity contribution in [1.82, 2.24) is 4.98 Å². The number of carbonyl (C=O) groups excluding carboxylic acids is 2. The number of aromatic nitrogens is 1. The molecule has 2 rings (SSSR count). The number of benzene rings is 1. The molecule has 0 aliphatic carbocycles. The largest absolute Gasteiger partial charge is 0.452 e. The van der Waals surface area contributed by atoms with Crippen molar-refractivity contribution in [2.24, 2.45) is 0 Å². The van der Waals surface area contributed by atoms with Crippen molar-refractivity contribution in [3.8, 4) is 0 Å². The maximum absolute atomic E-state index is 12.9. The molecule has 0 saturated heterocycles. The fourth-order valence-electron chi connectivity index (χ4n) is 1.91. The Morgan fingerprint density at radius 2 is 2.08 bits per heavy atom. The average molecular weight is 404 g/mol. The van der Waals surface area contributed by atoms with Crippen LogP contribution in [0.3, 0.4) is 0 Å². The van der Waals surface area contributed by atoms with Gasteiger partial charge in [0.2, 0.25) is 0 Å². The third-order valence-corrected chi connectivity index (χ3v) is 4.70. The van der Waals surface area contributed by atoms with E-state index in [2.05, 4.69) is 10.3 Å². The molecular weight excluding hydrogens is 389 g/mol. The van der Waals surface area contributed by atoms with Crippen LogP contribution in [0.2, 0.25) is 0 Å². The van der Waals surface area contributed by atoms with Gasteiger partial charge in [-0.25, -0.2) is 4.98 Å². The highest BCUT2D eigenvalue weighted by Crippen LogP contribution is 2.34. The van der Waals surface area contributed by atoms with Gasteiger partial charge >= 0.3 is 12.1 Å². The minimum atomic E-state index is -4.60. The summed E-state index contributed by atoms with van der Waals surface area (Å²) in [7, 11) is 0. The average Bonchev–Trinajstić information content (AvgIpc) is 3.07. The van der Waals surface area contributed by atoms with Crippen LogP contribution in [0, 0.1) is 0 Å². The molecule has 0 radical (unpaired) electrons. The Hall–Kier alpha value is -2.07. The molecule has 5 nitrogen and oxygen atoms in total. The highest BCUT2D eigenvalue weighted by molar-refractivity contribution is 7.99. The molecule has 1 amide bonds. The number of hydrogen-bond acceptors (Lipinski definition) is 6. The van der Waals surface area contributed by atoms with Crippen LogP contribution in [0.15, 0.2) is 35.2 Å². The van der Waals surface area contributed by atoms with Gasteiger partial charge in [-0.2, -0.15) is 13.2 Å². The smallest absolute Gasteiger partial charge is 0.418 e. The predicted octanol–water partition coefficient (Wildman–Crippen LogP) is 3.97. The number of amides is 1. The van der Waals surface area contributed by atoms with E-state index in [1.807, 2.05) is 5.38 Å². The summed E-state index contributed by atoms with van der Waals surface area (Å²) in [5, 5.41) is 4.00. The Kier molecular flexibility index (Phi) is 7.04.